The normalized spacial score (nSPS) is 15.8. The molecule has 2 N–H and O–H groups in total. The van der Waals surface area contributed by atoms with E-state index in [1.807, 2.05) is 0 Å². The topological polar surface area (TPSA) is 51.4 Å². The third-order valence-corrected chi connectivity index (χ3v) is 4.07. The predicted molar refractivity (Wildman–Crippen MR) is 83.3 cm³/mol. The highest BCUT2D eigenvalue weighted by Crippen LogP contribution is 2.29. The molecule has 1 fully saturated rings. The van der Waals surface area contributed by atoms with Gasteiger partial charge < -0.3 is 15.4 Å². The smallest absolute Gasteiger partial charge is 0.0727 e. The van der Waals surface area contributed by atoms with Crippen LogP contribution in [0.25, 0.3) is 10.9 Å². The number of ether oxygens (including phenoxy) is 1. The van der Waals surface area contributed by atoms with E-state index >= 15 is 0 Å². The van der Waals surface area contributed by atoms with E-state index in [2.05, 4.69) is 36.9 Å². The molecule has 0 unspecified atom stereocenters. The van der Waals surface area contributed by atoms with Crippen molar-refractivity contribution < 1.29 is 4.74 Å². The minimum atomic E-state index is 0.791. The van der Waals surface area contributed by atoms with E-state index < -0.39 is 0 Å². The second-order valence-corrected chi connectivity index (χ2v) is 5.25. The number of nitrogens with two attached hydrogens (primary N) is 1. The number of nitrogens with zero attached hydrogens (tertiary/aromatic N) is 2. The van der Waals surface area contributed by atoms with Crippen LogP contribution in [0.3, 0.4) is 0 Å². The molecule has 1 aliphatic rings. The van der Waals surface area contributed by atoms with Crippen molar-refractivity contribution in [3.63, 3.8) is 0 Å². The summed E-state index contributed by atoms with van der Waals surface area (Å²) in [6.07, 6.45) is 0.914. The highest BCUT2D eigenvalue weighted by Gasteiger charge is 2.14. The summed E-state index contributed by atoms with van der Waals surface area (Å²) >= 11 is 0. The summed E-state index contributed by atoms with van der Waals surface area (Å²) in [5.74, 6) is 0. The molecular weight excluding hydrogens is 250 g/mol. The molecule has 1 aliphatic heterocycles. The Labute approximate surface area is 119 Å². The maximum absolute atomic E-state index is 6.31. The lowest BCUT2D eigenvalue weighted by molar-refractivity contribution is 0.122. The zero-order valence-corrected chi connectivity index (χ0v) is 12.1. The lowest BCUT2D eigenvalue weighted by Crippen LogP contribution is -2.36. The van der Waals surface area contributed by atoms with Crippen molar-refractivity contribution in [3.8, 4) is 0 Å². The number of anilines is 2. The van der Waals surface area contributed by atoms with Gasteiger partial charge in [0.05, 0.1) is 18.7 Å². The Hall–Kier alpha value is -1.81. The van der Waals surface area contributed by atoms with Gasteiger partial charge in [0.2, 0.25) is 0 Å². The standard InChI is InChI=1S/C16H21N3O/c1-3-14-11(2)16(17)13-10-12(4-5-15(13)18-14)19-6-8-20-9-7-19/h4-5,10H,3,6-9H2,1-2H3,(H2,17,18). The molecule has 0 amide bonds. The molecule has 0 spiro atoms. The number of fused-ring (bicyclic) bond motifs is 1. The number of aromatic nitrogens is 1. The first-order valence-corrected chi connectivity index (χ1v) is 7.22. The quantitative estimate of drug-likeness (QED) is 0.912. The minimum Gasteiger partial charge on any atom is -0.398 e. The van der Waals surface area contributed by atoms with Crippen LogP contribution in [0, 0.1) is 6.92 Å². The monoisotopic (exact) mass is 271 g/mol. The average Bonchev–Trinajstić information content (AvgIpc) is 2.51. The number of rotatable bonds is 2. The fourth-order valence-electron chi connectivity index (χ4n) is 2.79. The SMILES string of the molecule is CCc1nc2ccc(N3CCOCC3)cc2c(N)c1C. The van der Waals surface area contributed by atoms with Gasteiger partial charge in [-0.05, 0) is 37.1 Å². The van der Waals surface area contributed by atoms with Crippen LogP contribution in [-0.2, 0) is 11.2 Å². The van der Waals surface area contributed by atoms with Gasteiger partial charge in [-0.3, -0.25) is 4.98 Å². The zero-order valence-electron chi connectivity index (χ0n) is 12.1. The molecule has 2 aromatic rings. The molecule has 2 heterocycles. The van der Waals surface area contributed by atoms with Crippen LogP contribution in [0.2, 0.25) is 0 Å². The second-order valence-electron chi connectivity index (χ2n) is 5.25. The molecule has 0 atom stereocenters. The highest BCUT2D eigenvalue weighted by atomic mass is 16.5. The Morgan fingerprint density at radius 3 is 2.75 bits per heavy atom. The molecule has 4 heteroatoms. The van der Waals surface area contributed by atoms with Crippen LogP contribution in [0.15, 0.2) is 18.2 Å². The Bertz CT molecular complexity index is 633. The van der Waals surface area contributed by atoms with Gasteiger partial charge >= 0.3 is 0 Å². The fraction of sp³-hybridized carbons (Fsp3) is 0.438. The molecule has 3 rings (SSSR count). The Morgan fingerprint density at radius 2 is 2.05 bits per heavy atom. The van der Waals surface area contributed by atoms with Gasteiger partial charge in [-0.2, -0.15) is 0 Å². The van der Waals surface area contributed by atoms with Gasteiger partial charge in [-0.15, -0.1) is 0 Å². The molecule has 0 radical (unpaired) electrons. The zero-order chi connectivity index (χ0) is 14.1. The number of benzene rings is 1. The van der Waals surface area contributed by atoms with Crippen molar-refractivity contribution in [1.82, 2.24) is 4.98 Å². The van der Waals surface area contributed by atoms with Crippen molar-refractivity contribution in [1.29, 1.82) is 0 Å². The largest absolute Gasteiger partial charge is 0.398 e. The van der Waals surface area contributed by atoms with Crippen LogP contribution < -0.4 is 10.6 Å². The Morgan fingerprint density at radius 1 is 1.30 bits per heavy atom. The van der Waals surface area contributed by atoms with E-state index in [0.717, 1.165) is 60.6 Å². The summed E-state index contributed by atoms with van der Waals surface area (Å²) in [4.78, 5) is 7.06. The molecule has 1 aromatic carbocycles. The molecule has 1 saturated heterocycles. The number of aryl methyl sites for hydroxylation is 1. The van der Waals surface area contributed by atoms with Crippen molar-refractivity contribution in [3.05, 3.63) is 29.5 Å². The van der Waals surface area contributed by atoms with Crippen molar-refractivity contribution in [2.75, 3.05) is 36.9 Å². The Kier molecular flexibility index (Phi) is 3.49. The van der Waals surface area contributed by atoms with Gasteiger partial charge in [-0.1, -0.05) is 6.92 Å². The van der Waals surface area contributed by atoms with Crippen LogP contribution >= 0.6 is 0 Å². The van der Waals surface area contributed by atoms with E-state index in [1.165, 1.54) is 5.69 Å². The van der Waals surface area contributed by atoms with E-state index in [1.54, 1.807) is 0 Å². The number of hydrogen-bond donors (Lipinski definition) is 1. The summed E-state index contributed by atoms with van der Waals surface area (Å²) in [7, 11) is 0. The lowest BCUT2D eigenvalue weighted by atomic mass is 10.0. The summed E-state index contributed by atoms with van der Waals surface area (Å²) in [5.41, 5.74) is 11.6. The van der Waals surface area contributed by atoms with Gasteiger partial charge in [-0.25, -0.2) is 0 Å². The average molecular weight is 271 g/mol. The van der Waals surface area contributed by atoms with Crippen LogP contribution in [0.1, 0.15) is 18.2 Å². The van der Waals surface area contributed by atoms with Crippen LogP contribution in [0.5, 0.6) is 0 Å². The molecule has 1 aromatic heterocycles. The van der Waals surface area contributed by atoms with Gasteiger partial charge in [0.1, 0.15) is 0 Å². The Balaban J connectivity index is 2.08. The number of hydrogen-bond acceptors (Lipinski definition) is 4. The van der Waals surface area contributed by atoms with Gasteiger partial charge in [0, 0.05) is 35.5 Å². The molecule has 20 heavy (non-hydrogen) atoms. The van der Waals surface area contributed by atoms with E-state index in [-0.39, 0.29) is 0 Å². The molecule has 106 valence electrons. The van der Waals surface area contributed by atoms with Crippen molar-refractivity contribution >= 4 is 22.3 Å². The highest BCUT2D eigenvalue weighted by molar-refractivity contribution is 5.94. The lowest BCUT2D eigenvalue weighted by Gasteiger charge is -2.29. The van der Waals surface area contributed by atoms with E-state index in [9.17, 15) is 0 Å². The summed E-state index contributed by atoms with van der Waals surface area (Å²) < 4.78 is 5.40. The van der Waals surface area contributed by atoms with E-state index in [4.69, 9.17) is 15.5 Å². The molecule has 0 bridgehead atoms. The maximum Gasteiger partial charge on any atom is 0.0727 e. The molecule has 0 aliphatic carbocycles. The first kappa shape index (κ1) is 13.2. The van der Waals surface area contributed by atoms with Crippen molar-refractivity contribution in [2.24, 2.45) is 0 Å². The first-order chi connectivity index (χ1) is 9.70. The van der Waals surface area contributed by atoms with Crippen LogP contribution in [0.4, 0.5) is 11.4 Å². The van der Waals surface area contributed by atoms with E-state index in [0.29, 0.717) is 0 Å². The minimum absolute atomic E-state index is 0.791. The first-order valence-electron chi connectivity index (χ1n) is 7.22. The number of morpholine rings is 1. The predicted octanol–water partition coefficient (Wildman–Crippen LogP) is 2.52. The third kappa shape index (κ3) is 2.20. The molecule has 0 saturated carbocycles. The third-order valence-electron chi connectivity index (χ3n) is 4.07. The maximum atomic E-state index is 6.31. The fourth-order valence-corrected chi connectivity index (χ4v) is 2.79. The summed E-state index contributed by atoms with van der Waals surface area (Å²) in [6, 6.07) is 6.37. The number of pyridine rings is 1. The summed E-state index contributed by atoms with van der Waals surface area (Å²) in [6.45, 7) is 7.62. The molecule has 4 nitrogen and oxygen atoms in total. The molecular formula is C16H21N3O. The van der Waals surface area contributed by atoms with Crippen LogP contribution in [-0.4, -0.2) is 31.3 Å². The van der Waals surface area contributed by atoms with Gasteiger partial charge in [0.25, 0.3) is 0 Å². The van der Waals surface area contributed by atoms with Crippen molar-refractivity contribution in [2.45, 2.75) is 20.3 Å². The number of nitrogen functional groups attached to an aromatic ring is 1. The summed E-state index contributed by atoms with van der Waals surface area (Å²) in [5, 5.41) is 1.06. The van der Waals surface area contributed by atoms with Gasteiger partial charge in [0.15, 0.2) is 0 Å². The second kappa shape index (κ2) is 5.29.